The number of ether oxygens (including phenoxy) is 1. The van der Waals surface area contributed by atoms with Crippen LogP contribution in [0.3, 0.4) is 0 Å². The number of hydrogen-bond donors (Lipinski definition) is 1. The topological polar surface area (TPSA) is 27.7 Å². The summed E-state index contributed by atoms with van der Waals surface area (Å²) in [5.74, 6) is 0. The van der Waals surface area contributed by atoms with Crippen LogP contribution in [-0.2, 0) is 10.9 Å². The van der Waals surface area contributed by atoms with E-state index in [-0.39, 0.29) is 17.7 Å². The van der Waals surface area contributed by atoms with Crippen molar-refractivity contribution in [3.63, 3.8) is 0 Å². The summed E-state index contributed by atoms with van der Waals surface area (Å²) >= 11 is 5.98. The molecule has 0 bridgehead atoms. The monoisotopic (exact) mass is 495 g/mol. The zero-order chi connectivity index (χ0) is 24.1. The fraction of sp³-hybridized carbons (Fsp3) is 0.538. The van der Waals surface area contributed by atoms with Crippen LogP contribution < -0.4 is 10.2 Å². The molecule has 0 unspecified atom stereocenters. The number of hydrogen-bond acceptors (Lipinski definition) is 4. The van der Waals surface area contributed by atoms with Gasteiger partial charge in [0.2, 0.25) is 0 Å². The Morgan fingerprint density at radius 1 is 0.971 bits per heavy atom. The number of benzene rings is 2. The fourth-order valence-corrected chi connectivity index (χ4v) is 4.98. The molecule has 1 aliphatic carbocycles. The zero-order valence-electron chi connectivity index (χ0n) is 19.6. The molecule has 0 spiro atoms. The second-order valence-corrected chi connectivity index (χ2v) is 9.76. The molecule has 0 radical (unpaired) electrons. The lowest BCUT2D eigenvalue weighted by molar-refractivity contribution is -0.138. The first-order chi connectivity index (χ1) is 16.3. The third-order valence-corrected chi connectivity index (χ3v) is 7.17. The first kappa shape index (κ1) is 25.1. The molecule has 1 heterocycles. The van der Waals surface area contributed by atoms with Crippen LogP contribution in [0.15, 0.2) is 42.5 Å². The Balaban J connectivity index is 1.14. The molecule has 34 heavy (non-hydrogen) atoms. The fourth-order valence-electron chi connectivity index (χ4n) is 4.86. The van der Waals surface area contributed by atoms with Gasteiger partial charge in [0.1, 0.15) is 0 Å². The van der Waals surface area contributed by atoms with E-state index in [4.69, 9.17) is 16.3 Å². The Hall–Kier alpha value is -1.96. The van der Waals surface area contributed by atoms with Gasteiger partial charge in [0, 0.05) is 55.2 Å². The molecule has 2 aromatic carbocycles. The van der Waals surface area contributed by atoms with Gasteiger partial charge in [-0.25, -0.2) is 0 Å². The standard InChI is InChI=1S/C26H33ClF3N3O/c1-19-2-5-22(18-25(19)26(28,29)30)31-21-6-10-24(11-7-21)34-17-16-32-12-14-33(15-13-32)23-8-3-20(27)4-9-23/h2-5,8-9,18,21,24,31H,6-7,10-17H2,1H3. The second-order valence-electron chi connectivity index (χ2n) is 9.32. The van der Waals surface area contributed by atoms with Gasteiger partial charge >= 0.3 is 6.18 Å². The Kier molecular flexibility index (Phi) is 8.27. The maximum Gasteiger partial charge on any atom is 0.416 e. The molecule has 0 aromatic heterocycles. The minimum Gasteiger partial charge on any atom is -0.382 e. The van der Waals surface area contributed by atoms with Gasteiger partial charge in [-0.05, 0) is 74.6 Å². The van der Waals surface area contributed by atoms with Crippen molar-refractivity contribution in [2.24, 2.45) is 0 Å². The predicted octanol–water partition coefficient (Wildman–Crippen LogP) is 6.23. The third-order valence-electron chi connectivity index (χ3n) is 6.91. The largest absolute Gasteiger partial charge is 0.416 e. The summed E-state index contributed by atoms with van der Waals surface area (Å²) in [5, 5.41) is 4.05. The molecule has 4 rings (SSSR count). The molecule has 4 nitrogen and oxygen atoms in total. The van der Waals surface area contributed by atoms with Crippen LogP contribution in [0, 0.1) is 6.92 Å². The molecule has 0 atom stereocenters. The normalized spacial score (nSPS) is 22.1. The first-order valence-corrected chi connectivity index (χ1v) is 12.4. The van der Waals surface area contributed by atoms with E-state index in [1.54, 1.807) is 6.07 Å². The number of aryl methyl sites for hydroxylation is 1. The van der Waals surface area contributed by atoms with E-state index in [1.807, 2.05) is 12.1 Å². The van der Waals surface area contributed by atoms with Crippen molar-refractivity contribution in [1.29, 1.82) is 0 Å². The van der Waals surface area contributed by atoms with Crippen molar-refractivity contribution in [3.05, 3.63) is 58.6 Å². The molecule has 0 amide bonds. The van der Waals surface area contributed by atoms with Crippen molar-refractivity contribution in [1.82, 2.24) is 4.90 Å². The SMILES string of the molecule is Cc1ccc(NC2CCC(OCCN3CCN(c4ccc(Cl)cc4)CC3)CC2)cc1C(F)(F)F. The van der Waals surface area contributed by atoms with Crippen molar-refractivity contribution < 1.29 is 17.9 Å². The number of nitrogens with one attached hydrogen (secondary N) is 1. The van der Waals surface area contributed by atoms with E-state index in [1.165, 1.54) is 24.7 Å². The van der Waals surface area contributed by atoms with E-state index in [9.17, 15) is 13.2 Å². The quantitative estimate of drug-likeness (QED) is 0.493. The summed E-state index contributed by atoms with van der Waals surface area (Å²) in [4.78, 5) is 4.82. The molecule has 2 fully saturated rings. The highest BCUT2D eigenvalue weighted by Gasteiger charge is 2.32. The summed E-state index contributed by atoms with van der Waals surface area (Å²) in [5.41, 5.74) is 1.44. The summed E-state index contributed by atoms with van der Waals surface area (Å²) < 4.78 is 45.6. The smallest absolute Gasteiger partial charge is 0.382 e. The minimum atomic E-state index is -4.32. The van der Waals surface area contributed by atoms with Gasteiger partial charge in [-0.1, -0.05) is 17.7 Å². The molecule has 1 saturated carbocycles. The molecule has 1 saturated heterocycles. The summed E-state index contributed by atoms with van der Waals surface area (Å²) in [7, 11) is 0. The maximum atomic E-state index is 13.2. The van der Waals surface area contributed by atoms with Crippen LogP contribution in [0.25, 0.3) is 0 Å². The molecule has 1 aliphatic heterocycles. The minimum absolute atomic E-state index is 0.185. The second kappa shape index (κ2) is 11.2. The Labute approximate surface area is 205 Å². The van der Waals surface area contributed by atoms with Crippen LogP contribution >= 0.6 is 11.6 Å². The van der Waals surface area contributed by atoms with Gasteiger partial charge < -0.3 is 15.0 Å². The number of anilines is 2. The Morgan fingerprint density at radius 2 is 1.65 bits per heavy atom. The first-order valence-electron chi connectivity index (χ1n) is 12.1. The van der Waals surface area contributed by atoms with Crippen LogP contribution in [0.2, 0.25) is 5.02 Å². The molecular weight excluding hydrogens is 463 g/mol. The summed E-state index contributed by atoms with van der Waals surface area (Å²) in [6.45, 7) is 7.15. The van der Waals surface area contributed by atoms with E-state index in [0.717, 1.165) is 70.0 Å². The van der Waals surface area contributed by atoms with Gasteiger partial charge in [0.15, 0.2) is 0 Å². The number of piperazine rings is 1. The summed E-state index contributed by atoms with van der Waals surface area (Å²) in [6.07, 6.45) is -0.424. The summed E-state index contributed by atoms with van der Waals surface area (Å²) in [6, 6.07) is 12.7. The molecular formula is C26H33ClF3N3O. The average Bonchev–Trinajstić information content (AvgIpc) is 2.82. The highest BCUT2D eigenvalue weighted by Crippen LogP contribution is 2.34. The number of alkyl halides is 3. The molecule has 186 valence electrons. The lowest BCUT2D eigenvalue weighted by Crippen LogP contribution is -2.47. The van der Waals surface area contributed by atoms with Gasteiger partial charge in [-0.3, -0.25) is 4.90 Å². The predicted molar refractivity (Wildman–Crippen MR) is 132 cm³/mol. The van der Waals surface area contributed by atoms with E-state index >= 15 is 0 Å². The van der Waals surface area contributed by atoms with Crippen LogP contribution in [0.5, 0.6) is 0 Å². The van der Waals surface area contributed by atoms with Crippen molar-refractivity contribution >= 4 is 23.0 Å². The lowest BCUT2D eigenvalue weighted by atomic mass is 9.92. The number of nitrogens with zero attached hydrogens (tertiary/aromatic N) is 2. The Bertz CT molecular complexity index is 922. The van der Waals surface area contributed by atoms with Gasteiger partial charge in [0.25, 0.3) is 0 Å². The third kappa shape index (κ3) is 6.80. The highest BCUT2D eigenvalue weighted by atomic mass is 35.5. The average molecular weight is 496 g/mol. The van der Waals surface area contributed by atoms with E-state index in [2.05, 4.69) is 27.2 Å². The van der Waals surface area contributed by atoms with Crippen molar-refractivity contribution in [2.45, 2.75) is 50.9 Å². The maximum absolute atomic E-state index is 13.2. The van der Waals surface area contributed by atoms with Gasteiger partial charge in [-0.2, -0.15) is 13.2 Å². The molecule has 2 aliphatic rings. The number of halogens is 4. The van der Waals surface area contributed by atoms with E-state index < -0.39 is 11.7 Å². The number of rotatable bonds is 7. The molecule has 8 heteroatoms. The molecule has 1 N–H and O–H groups in total. The highest BCUT2D eigenvalue weighted by molar-refractivity contribution is 6.30. The van der Waals surface area contributed by atoms with E-state index in [0.29, 0.717) is 5.69 Å². The van der Waals surface area contributed by atoms with Gasteiger partial charge in [-0.15, -0.1) is 0 Å². The lowest BCUT2D eigenvalue weighted by Gasteiger charge is -2.36. The van der Waals surface area contributed by atoms with Crippen molar-refractivity contribution in [2.75, 3.05) is 49.5 Å². The van der Waals surface area contributed by atoms with Crippen molar-refractivity contribution in [3.8, 4) is 0 Å². The zero-order valence-corrected chi connectivity index (χ0v) is 20.3. The van der Waals surface area contributed by atoms with Crippen LogP contribution in [0.1, 0.15) is 36.8 Å². The molecule has 2 aromatic rings. The van der Waals surface area contributed by atoms with Crippen LogP contribution in [-0.4, -0.2) is 56.4 Å². The van der Waals surface area contributed by atoms with Gasteiger partial charge in [0.05, 0.1) is 18.3 Å². The Morgan fingerprint density at radius 3 is 2.29 bits per heavy atom. The van der Waals surface area contributed by atoms with Crippen LogP contribution in [0.4, 0.5) is 24.5 Å².